The van der Waals surface area contributed by atoms with Gasteiger partial charge in [-0.15, -0.1) is 0 Å². The summed E-state index contributed by atoms with van der Waals surface area (Å²) in [7, 11) is -4.40. The van der Waals surface area contributed by atoms with Crippen molar-refractivity contribution >= 4 is 16.0 Å². The van der Waals surface area contributed by atoms with E-state index in [0.717, 1.165) is 10.4 Å². The first-order valence-corrected chi connectivity index (χ1v) is 7.87. The van der Waals surface area contributed by atoms with Crippen LogP contribution >= 0.6 is 0 Å². The molecule has 0 spiro atoms. The summed E-state index contributed by atoms with van der Waals surface area (Å²) in [5.41, 5.74) is 0. The fourth-order valence-electron chi connectivity index (χ4n) is 2.43. The lowest BCUT2D eigenvalue weighted by molar-refractivity contribution is -0.143. The fraction of sp³-hybridized carbons (Fsp3) is 0.462. The molecule has 5 nitrogen and oxygen atoms in total. The molecule has 1 fully saturated rings. The van der Waals surface area contributed by atoms with Gasteiger partial charge in [-0.1, -0.05) is 6.92 Å². The quantitative estimate of drug-likeness (QED) is 0.922. The highest BCUT2D eigenvalue weighted by Crippen LogP contribution is 2.29. The number of carboxylic acid groups (broad SMARTS) is 1. The van der Waals surface area contributed by atoms with E-state index in [9.17, 15) is 27.1 Å². The zero-order valence-corrected chi connectivity index (χ0v) is 12.1. The highest BCUT2D eigenvalue weighted by atomic mass is 32.2. The molecule has 0 radical (unpaired) electrons. The Morgan fingerprint density at radius 1 is 1.38 bits per heavy atom. The van der Waals surface area contributed by atoms with E-state index in [0.29, 0.717) is 18.6 Å². The van der Waals surface area contributed by atoms with Gasteiger partial charge in [-0.25, -0.2) is 17.2 Å². The van der Waals surface area contributed by atoms with Gasteiger partial charge in [0.15, 0.2) is 0 Å². The van der Waals surface area contributed by atoms with Gasteiger partial charge in [-0.05, 0) is 37.0 Å². The average molecular weight is 319 g/mol. The minimum Gasteiger partial charge on any atom is -0.480 e. The third kappa shape index (κ3) is 3.06. The van der Waals surface area contributed by atoms with E-state index in [4.69, 9.17) is 0 Å². The zero-order chi connectivity index (χ0) is 15.8. The Morgan fingerprint density at radius 2 is 2.05 bits per heavy atom. The molecule has 1 aliphatic rings. The Balaban J connectivity index is 2.46. The molecule has 0 saturated carbocycles. The van der Waals surface area contributed by atoms with Crippen LogP contribution in [0.3, 0.4) is 0 Å². The maximum Gasteiger partial charge on any atom is 0.322 e. The van der Waals surface area contributed by atoms with Crippen LogP contribution in [0.25, 0.3) is 0 Å². The van der Waals surface area contributed by atoms with Crippen molar-refractivity contribution in [1.29, 1.82) is 0 Å². The maximum absolute atomic E-state index is 13.7. The van der Waals surface area contributed by atoms with Crippen molar-refractivity contribution in [2.45, 2.75) is 30.7 Å². The van der Waals surface area contributed by atoms with Crippen molar-refractivity contribution in [3.05, 3.63) is 29.8 Å². The lowest BCUT2D eigenvalue weighted by Gasteiger charge is -2.34. The molecule has 116 valence electrons. The van der Waals surface area contributed by atoms with Crippen LogP contribution in [0.4, 0.5) is 8.78 Å². The number of rotatable bonds is 3. The summed E-state index contributed by atoms with van der Waals surface area (Å²) in [6.45, 7) is 1.79. The van der Waals surface area contributed by atoms with E-state index >= 15 is 0 Å². The van der Waals surface area contributed by atoms with Gasteiger partial charge in [0.05, 0.1) is 0 Å². The Morgan fingerprint density at radius 3 is 2.67 bits per heavy atom. The molecule has 21 heavy (non-hydrogen) atoms. The lowest BCUT2D eigenvalue weighted by Crippen LogP contribution is -2.49. The van der Waals surface area contributed by atoms with E-state index in [1.165, 1.54) is 0 Å². The molecule has 0 bridgehead atoms. The van der Waals surface area contributed by atoms with E-state index in [1.54, 1.807) is 0 Å². The van der Waals surface area contributed by atoms with Crippen molar-refractivity contribution in [1.82, 2.24) is 4.31 Å². The highest BCUT2D eigenvalue weighted by molar-refractivity contribution is 7.89. The summed E-state index contributed by atoms with van der Waals surface area (Å²) in [4.78, 5) is 10.4. The van der Waals surface area contributed by atoms with Crippen LogP contribution in [0, 0.1) is 17.6 Å². The molecular weight excluding hydrogens is 304 g/mol. The van der Waals surface area contributed by atoms with Gasteiger partial charge in [0, 0.05) is 6.54 Å². The summed E-state index contributed by atoms with van der Waals surface area (Å²) in [5, 5.41) is 9.19. The molecule has 1 saturated heterocycles. The minimum absolute atomic E-state index is 0.0313. The van der Waals surface area contributed by atoms with Crippen LogP contribution in [0.2, 0.25) is 0 Å². The number of nitrogens with zero attached hydrogens (tertiary/aromatic N) is 1. The van der Waals surface area contributed by atoms with Crippen LogP contribution in [-0.2, 0) is 14.8 Å². The summed E-state index contributed by atoms with van der Waals surface area (Å²) in [5.74, 6) is -3.23. The molecular formula is C13H15F2NO4S. The molecule has 1 heterocycles. The number of aliphatic carboxylic acids is 1. The smallest absolute Gasteiger partial charge is 0.322 e. The predicted octanol–water partition coefficient (Wildman–Crippen LogP) is 1.84. The summed E-state index contributed by atoms with van der Waals surface area (Å²) < 4.78 is 52.5. The van der Waals surface area contributed by atoms with Crippen molar-refractivity contribution in [3.63, 3.8) is 0 Å². The number of halogens is 2. The first-order valence-electron chi connectivity index (χ1n) is 6.43. The number of carboxylic acids is 1. The van der Waals surface area contributed by atoms with Crippen molar-refractivity contribution < 1.29 is 27.1 Å². The molecule has 2 atom stereocenters. The second-order valence-electron chi connectivity index (χ2n) is 5.17. The van der Waals surface area contributed by atoms with Crippen LogP contribution in [0.15, 0.2) is 23.1 Å². The number of piperidine rings is 1. The third-order valence-electron chi connectivity index (χ3n) is 3.58. The number of benzene rings is 1. The molecule has 2 rings (SSSR count). The Hall–Kier alpha value is -1.54. The number of hydrogen-bond acceptors (Lipinski definition) is 3. The molecule has 1 aliphatic heterocycles. The molecule has 0 amide bonds. The lowest BCUT2D eigenvalue weighted by atomic mass is 9.94. The summed E-state index contributed by atoms with van der Waals surface area (Å²) in [6.07, 6.45) is 0.617. The number of hydrogen-bond donors (Lipinski definition) is 1. The Labute approximate surface area is 121 Å². The van der Waals surface area contributed by atoms with Crippen molar-refractivity contribution in [2.75, 3.05) is 6.54 Å². The van der Waals surface area contributed by atoms with Gasteiger partial charge >= 0.3 is 5.97 Å². The van der Waals surface area contributed by atoms with Gasteiger partial charge in [-0.2, -0.15) is 4.31 Å². The first kappa shape index (κ1) is 15.8. The predicted molar refractivity (Wildman–Crippen MR) is 70.1 cm³/mol. The van der Waals surface area contributed by atoms with Gasteiger partial charge in [-0.3, -0.25) is 4.79 Å². The van der Waals surface area contributed by atoms with Crippen LogP contribution in [0.5, 0.6) is 0 Å². The zero-order valence-electron chi connectivity index (χ0n) is 11.3. The second kappa shape index (κ2) is 5.69. The van der Waals surface area contributed by atoms with E-state index in [2.05, 4.69) is 0 Å². The molecule has 1 N–H and O–H groups in total. The van der Waals surface area contributed by atoms with Gasteiger partial charge in [0.25, 0.3) is 0 Å². The van der Waals surface area contributed by atoms with Crippen LogP contribution < -0.4 is 0 Å². The molecule has 1 aromatic rings. The Bertz CT molecular complexity index is 662. The molecule has 8 heteroatoms. The van der Waals surface area contributed by atoms with Crippen LogP contribution in [0.1, 0.15) is 19.8 Å². The molecule has 0 aromatic heterocycles. The third-order valence-corrected chi connectivity index (χ3v) is 5.50. The first-order chi connectivity index (χ1) is 9.73. The monoisotopic (exact) mass is 319 g/mol. The van der Waals surface area contributed by atoms with E-state index in [-0.39, 0.29) is 18.9 Å². The SMILES string of the molecule is CC1CCN(S(=O)(=O)c2cc(F)ccc2F)C(C(=O)O)C1. The molecule has 1 aromatic carbocycles. The van der Waals surface area contributed by atoms with Crippen LogP contribution in [-0.4, -0.2) is 36.4 Å². The van der Waals surface area contributed by atoms with Crippen molar-refractivity contribution in [2.24, 2.45) is 5.92 Å². The van der Waals surface area contributed by atoms with Crippen molar-refractivity contribution in [3.8, 4) is 0 Å². The second-order valence-corrected chi connectivity index (χ2v) is 7.03. The maximum atomic E-state index is 13.7. The molecule has 2 unspecified atom stereocenters. The highest BCUT2D eigenvalue weighted by Gasteiger charge is 2.40. The number of sulfonamides is 1. The largest absolute Gasteiger partial charge is 0.480 e. The topological polar surface area (TPSA) is 74.7 Å². The molecule has 0 aliphatic carbocycles. The Kier molecular flexibility index (Phi) is 4.29. The number of carbonyl (C=O) groups is 1. The van der Waals surface area contributed by atoms with Gasteiger partial charge < -0.3 is 5.11 Å². The minimum atomic E-state index is -4.40. The normalized spacial score (nSPS) is 24.0. The van der Waals surface area contributed by atoms with Gasteiger partial charge in [0.2, 0.25) is 10.0 Å². The summed E-state index contributed by atoms with van der Waals surface area (Å²) in [6, 6.07) is 0.828. The average Bonchev–Trinajstić information content (AvgIpc) is 2.41. The summed E-state index contributed by atoms with van der Waals surface area (Å²) >= 11 is 0. The van der Waals surface area contributed by atoms with E-state index in [1.807, 2.05) is 6.92 Å². The standard InChI is InChI=1S/C13H15F2NO4S/c1-8-4-5-16(11(6-8)13(17)18)21(19,20)12-7-9(14)2-3-10(12)15/h2-3,7-8,11H,4-6H2,1H3,(H,17,18). The fourth-order valence-corrected chi connectivity index (χ4v) is 4.12. The van der Waals surface area contributed by atoms with Gasteiger partial charge in [0.1, 0.15) is 22.6 Å². The van der Waals surface area contributed by atoms with E-state index < -0.39 is 38.6 Å².